The summed E-state index contributed by atoms with van der Waals surface area (Å²) in [5.74, 6) is 1.32. The zero-order valence-electron chi connectivity index (χ0n) is 13.8. The SMILES string of the molecule is O=C(COc1ccccc1Cl)Nc1cccc(-c2cn3c(n2)SCC3)c1. The standard InChI is InChI=1S/C19H16ClN3O2S/c20-15-6-1-2-7-17(15)25-12-18(24)21-14-5-3-4-13(10-14)16-11-23-8-9-26-19(23)22-16/h1-7,10-11H,8-9,12H2,(H,21,24). The Morgan fingerprint density at radius 3 is 3.00 bits per heavy atom. The maximum atomic E-state index is 12.2. The van der Waals surface area contributed by atoms with Gasteiger partial charge < -0.3 is 14.6 Å². The summed E-state index contributed by atoms with van der Waals surface area (Å²) in [7, 11) is 0. The molecule has 1 N–H and O–H groups in total. The predicted molar refractivity (Wildman–Crippen MR) is 104 cm³/mol. The normalized spacial score (nSPS) is 12.7. The van der Waals surface area contributed by atoms with Gasteiger partial charge in [-0.1, -0.05) is 47.6 Å². The molecule has 1 aliphatic rings. The number of benzene rings is 2. The number of carbonyl (C=O) groups excluding carboxylic acids is 1. The molecule has 5 nitrogen and oxygen atoms in total. The molecule has 0 radical (unpaired) electrons. The Morgan fingerprint density at radius 1 is 1.27 bits per heavy atom. The van der Waals surface area contributed by atoms with Gasteiger partial charge in [0.1, 0.15) is 5.75 Å². The van der Waals surface area contributed by atoms with Gasteiger partial charge >= 0.3 is 0 Å². The topological polar surface area (TPSA) is 56.1 Å². The smallest absolute Gasteiger partial charge is 0.262 e. The molecule has 1 amide bonds. The van der Waals surface area contributed by atoms with Gasteiger partial charge in [-0.25, -0.2) is 4.98 Å². The number of nitrogens with zero attached hydrogens (tertiary/aromatic N) is 2. The summed E-state index contributed by atoms with van der Waals surface area (Å²) >= 11 is 7.78. The van der Waals surface area contributed by atoms with Crippen molar-refractivity contribution in [1.82, 2.24) is 9.55 Å². The van der Waals surface area contributed by atoms with Crippen LogP contribution in [0.2, 0.25) is 5.02 Å². The maximum absolute atomic E-state index is 12.2. The molecule has 0 atom stereocenters. The minimum atomic E-state index is -0.245. The number of thioether (sulfide) groups is 1. The van der Waals surface area contributed by atoms with Gasteiger partial charge in [0, 0.05) is 29.7 Å². The summed E-state index contributed by atoms with van der Waals surface area (Å²) in [5, 5.41) is 4.37. The summed E-state index contributed by atoms with van der Waals surface area (Å²) < 4.78 is 7.62. The van der Waals surface area contributed by atoms with E-state index in [1.54, 1.807) is 23.9 Å². The molecule has 26 heavy (non-hydrogen) atoms. The lowest BCUT2D eigenvalue weighted by Gasteiger charge is -2.09. The number of imidazole rings is 1. The predicted octanol–water partition coefficient (Wildman–Crippen LogP) is 4.33. The van der Waals surface area contributed by atoms with E-state index < -0.39 is 0 Å². The molecule has 3 aromatic rings. The number of aromatic nitrogens is 2. The first-order valence-corrected chi connectivity index (χ1v) is 9.53. The first-order valence-electron chi connectivity index (χ1n) is 8.16. The number of aryl methyl sites for hydroxylation is 1. The minimum absolute atomic E-state index is 0.108. The molecule has 1 aliphatic heterocycles. The zero-order chi connectivity index (χ0) is 17.9. The molecule has 132 valence electrons. The van der Waals surface area contributed by atoms with Crippen molar-refractivity contribution < 1.29 is 9.53 Å². The highest BCUT2D eigenvalue weighted by Crippen LogP contribution is 2.30. The Hall–Kier alpha value is -2.44. The van der Waals surface area contributed by atoms with Gasteiger partial charge in [0.2, 0.25) is 0 Å². The molecule has 0 fully saturated rings. The molecular weight excluding hydrogens is 370 g/mol. The van der Waals surface area contributed by atoms with Crippen molar-refractivity contribution in [2.24, 2.45) is 0 Å². The van der Waals surface area contributed by atoms with Crippen LogP contribution in [-0.2, 0) is 11.3 Å². The van der Waals surface area contributed by atoms with Gasteiger partial charge in [0.05, 0.1) is 10.7 Å². The van der Waals surface area contributed by atoms with Crippen molar-refractivity contribution in [1.29, 1.82) is 0 Å². The van der Waals surface area contributed by atoms with Crippen molar-refractivity contribution in [2.75, 3.05) is 17.7 Å². The van der Waals surface area contributed by atoms with Gasteiger partial charge in [-0.2, -0.15) is 0 Å². The monoisotopic (exact) mass is 385 g/mol. The minimum Gasteiger partial charge on any atom is -0.482 e. The summed E-state index contributed by atoms with van der Waals surface area (Å²) in [4.78, 5) is 16.8. The van der Waals surface area contributed by atoms with Crippen LogP contribution in [-0.4, -0.2) is 27.8 Å². The summed E-state index contributed by atoms with van der Waals surface area (Å²) in [6.45, 7) is 0.881. The lowest BCUT2D eigenvalue weighted by molar-refractivity contribution is -0.118. The fraction of sp³-hybridized carbons (Fsp3) is 0.158. The first kappa shape index (κ1) is 17.0. The number of para-hydroxylation sites is 1. The Kier molecular flexibility index (Phi) is 4.86. The third kappa shape index (κ3) is 3.71. The molecule has 0 unspecified atom stereocenters. The van der Waals surface area contributed by atoms with Crippen LogP contribution in [0, 0.1) is 0 Å². The molecular formula is C19H16ClN3O2S. The lowest BCUT2D eigenvalue weighted by atomic mass is 10.1. The Bertz CT molecular complexity index is 936. The lowest BCUT2D eigenvalue weighted by Crippen LogP contribution is -2.20. The molecule has 0 saturated carbocycles. The molecule has 0 bridgehead atoms. The average molecular weight is 386 g/mol. The van der Waals surface area contributed by atoms with Crippen molar-refractivity contribution in [3.05, 3.63) is 59.8 Å². The molecule has 0 spiro atoms. The van der Waals surface area contributed by atoms with E-state index in [0.717, 1.165) is 28.7 Å². The van der Waals surface area contributed by atoms with Crippen LogP contribution in [0.4, 0.5) is 5.69 Å². The van der Waals surface area contributed by atoms with Crippen LogP contribution >= 0.6 is 23.4 Å². The van der Waals surface area contributed by atoms with Crippen LogP contribution in [0.15, 0.2) is 59.9 Å². The van der Waals surface area contributed by atoms with E-state index in [1.165, 1.54) is 0 Å². The first-order chi connectivity index (χ1) is 12.7. The highest BCUT2D eigenvalue weighted by Gasteiger charge is 2.15. The largest absolute Gasteiger partial charge is 0.482 e. The number of ether oxygens (including phenoxy) is 1. The zero-order valence-corrected chi connectivity index (χ0v) is 15.4. The Morgan fingerprint density at radius 2 is 2.15 bits per heavy atom. The molecule has 4 rings (SSSR count). The summed E-state index contributed by atoms with van der Waals surface area (Å²) in [6.07, 6.45) is 2.05. The second kappa shape index (κ2) is 7.43. The molecule has 1 aromatic heterocycles. The van der Waals surface area contributed by atoms with E-state index in [0.29, 0.717) is 16.5 Å². The number of anilines is 1. The van der Waals surface area contributed by atoms with E-state index in [2.05, 4.69) is 21.1 Å². The van der Waals surface area contributed by atoms with Crippen LogP contribution in [0.5, 0.6) is 5.75 Å². The number of rotatable bonds is 5. The summed E-state index contributed by atoms with van der Waals surface area (Å²) in [5.41, 5.74) is 2.59. The molecule has 0 aliphatic carbocycles. The quantitative estimate of drug-likeness (QED) is 0.710. The number of halogens is 1. The fourth-order valence-electron chi connectivity index (χ4n) is 2.71. The fourth-order valence-corrected chi connectivity index (χ4v) is 3.84. The molecule has 2 heterocycles. The van der Waals surface area contributed by atoms with Crippen LogP contribution in [0.25, 0.3) is 11.3 Å². The van der Waals surface area contributed by atoms with E-state index in [9.17, 15) is 4.79 Å². The van der Waals surface area contributed by atoms with Gasteiger partial charge in [-0.05, 0) is 24.3 Å². The van der Waals surface area contributed by atoms with Gasteiger partial charge in [-0.3, -0.25) is 4.79 Å². The highest BCUT2D eigenvalue weighted by atomic mass is 35.5. The number of fused-ring (bicyclic) bond motifs is 1. The van der Waals surface area contributed by atoms with Crippen molar-refractivity contribution >= 4 is 35.0 Å². The second-order valence-corrected chi connectivity index (χ2v) is 7.27. The number of hydrogen-bond acceptors (Lipinski definition) is 4. The average Bonchev–Trinajstić information content (AvgIpc) is 3.23. The third-order valence-corrected chi connectivity index (χ3v) is 5.22. The number of carbonyl (C=O) groups is 1. The second-order valence-electron chi connectivity index (χ2n) is 5.80. The molecule has 2 aromatic carbocycles. The van der Waals surface area contributed by atoms with Crippen molar-refractivity contribution in [3.63, 3.8) is 0 Å². The van der Waals surface area contributed by atoms with E-state index in [1.807, 2.05) is 36.4 Å². The highest BCUT2D eigenvalue weighted by molar-refractivity contribution is 7.99. The Balaban J connectivity index is 1.41. The van der Waals surface area contributed by atoms with Gasteiger partial charge in [-0.15, -0.1) is 0 Å². The van der Waals surface area contributed by atoms with Crippen LogP contribution in [0.3, 0.4) is 0 Å². The number of amides is 1. The maximum Gasteiger partial charge on any atom is 0.262 e. The molecule has 0 saturated heterocycles. The molecule has 7 heteroatoms. The van der Waals surface area contributed by atoms with Gasteiger partial charge in [0.25, 0.3) is 5.91 Å². The van der Waals surface area contributed by atoms with E-state index >= 15 is 0 Å². The third-order valence-electron chi connectivity index (χ3n) is 3.94. The number of hydrogen-bond donors (Lipinski definition) is 1. The summed E-state index contributed by atoms with van der Waals surface area (Å²) in [6, 6.07) is 14.7. The number of nitrogens with one attached hydrogen (secondary N) is 1. The Labute approximate surface area is 160 Å². The van der Waals surface area contributed by atoms with Crippen LogP contribution < -0.4 is 10.1 Å². The van der Waals surface area contributed by atoms with Gasteiger partial charge in [0.15, 0.2) is 11.8 Å². The van der Waals surface area contributed by atoms with Crippen molar-refractivity contribution in [2.45, 2.75) is 11.7 Å². The van der Waals surface area contributed by atoms with Crippen LogP contribution in [0.1, 0.15) is 0 Å². The van der Waals surface area contributed by atoms with E-state index in [-0.39, 0.29) is 12.5 Å². The van der Waals surface area contributed by atoms with Crippen molar-refractivity contribution in [3.8, 4) is 17.0 Å². The van der Waals surface area contributed by atoms with E-state index in [4.69, 9.17) is 16.3 Å².